The van der Waals surface area contributed by atoms with Gasteiger partial charge in [-0.1, -0.05) is 5.16 Å². The fourth-order valence-corrected chi connectivity index (χ4v) is 4.12. The Balaban J connectivity index is 1.37. The first kappa shape index (κ1) is 19.5. The van der Waals surface area contributed by atoms with Crippen molar-refractivity contribution in [3.63, 3.8) is 0 Å². The van der Waals surface area contributed by atoms with E-state index in [-0.39, 0.29) is 17.1 Å². The summed E-state index contributed by atoms with van der Waals surface area (Å²) in [5.41, 5.74) is 2.20. The smallest absolute Gasteiger partial charge is 0.322 e. The maximum absolute atomic E-state index is 14.4. The number of carbonyl (C=O) groups is 1. The number of halogens is 2. The van der Waals surface area contributed by atoms with Crippen LogP contribution >= 0.6 is 11.8 Å². The van der Waals surface area contributed by atoms with Crippen LogP contribution in [0.5, 0.6) is 0 Å². The Morgan fingerprint density at radius 2 is 2.03 bits per heavy atom. The molecule has 0 aliphatic carbocycles. The number of hydrogen-bond acceptors (Lipinski definition) is 8. The fourth-order valence-electron chi connectivity index (χ4n) is 3.19. The monoisotopic (exact) mass is 442 g/mol. The number of nitrogens with one attached hydrogen (secondary N) is 3. The van der Waals surface area contributed by atoms with Gasteiger partial charge in [0, 0.05) is 21.7 Å². The second-order valence-electron chi connectivity index (χ2n) is 7.10. The summed E-state index contributed by atoms with van der Waals surface area (Å²) in [7, 11) is 0. The fraction of sp³-hybridized carbons (Fsp3) is 0.200. The van der Waals surface area contributed by atoms with E-state index in [2.05, 4.69) is 31.1 Å². The summed E-state index contributed by atoms with van der Waals surface area (Å²) >= 11 is 1.42. The third-order valence-electron chi connectivity index (χ3n) is 4.80. The van der Waals surface area contributed by atoms with Crippen molar-refractivity contribution in [2.75, 3.05) is 16.0 Å². The van der Waals surface area contributed by atoms with Crippen LogP contribution in [-0.2, 0) is 4.79 Å². The van der Waals surface area contributed by atoms with E-state index in [4.69, 9.17) is 4.52 Å². The van der Waals surface area contributed by atoms with Gasteiger partial charge in [-0.3, -0.25) is 4.79 Å². The number of alkyl halides is 2. The van der Waals surface area contributed by atoms with Gasteiger partial charge in [0.25, 0.3) is 0 Å². The minimum atomic E-state index is -3.30. The van der Waals surface area contributed by atoms with Crippen LogP contribution in [0.25, 0.3) is 11.0 Å². The second-order valence-corrected chi connectivity index (χ2v) is 8.48. The van der Waals surface area contributed by atoms with Crippen molar-refractivity contribution < 1.29 is 18.1 Å². The van der Waals surface area contributed by atoms with Crippen LogP contribution in [0.2, 0.25) is 0 Å². The van der Waals surface area contributed by atoms with Gasteiger partial charge in [0.1, 0.15) is 0 Å². The van der Waals surface area contributed by atoms with E-state index < -0.39 is 12.1 Å². The lowest BCUT2D eigenvalue weighted by Gasteiger charge is -2.27. The number of hydrogen-bond donors (Lipinski definition) is 3. The highest BCUT2D eigenvalue weighted by Gasteiger charge is 2.41. The van der Waals surface area contributed by atoms with Crippen molar-refractivity contribution in [3.8, 4) is 0 Å². The van der Waals surface area contributed by atoms with Crippen LogP contribution < -0.4 is 16.0 Å². The molecule has 3 aromatic rings. The van der Waals surface area contributed by atoms with E-state index in [1.807, 2.05) is 0 Å². The van der Waals surface area contributed by atoms with Crippen LogP contribution in [0.15, 0.2) is 62.0 Å². The quantitative estimate of drug-likeness (QED) is 0.562. The first-order valence-corrected chi connectivity index (χ1v) is 10.3. The largest absolute Gasteiger partial charge is 0.358 e. The molecule has 3 heterocycles. The summed E-state index contributed by atoms with van der Waals surface area (Å²) in [4.78, 5) is 20.6. The molecule has 31 heavy (non-hydrogen) atoms. The molecular weight excluding hydrogens is 426 g/mol. The van der Waals surface area contributed by atoms with Gasteiger partial charge in [-0.05, 0) is 43.3 Å². The lowest BCUT2D eigenvalue weighted by atomic mass is 10.2. The van der Waals surface area contributed by atoms with Gasteiger partial charge in [0.05, 0.1) is 23.3 Å². The predicted molar refractivity (Wildman–Crippen MR) is 116 cm³/mol. The summed E-state index contributed by atoms with van der Waals surface area (Å²) < 4.78 is 33.9. The van der Waals surface area contributed by atoms with E-state index in [1.54, 1.807) is 49.5 Å². The molecule has 0 saturated carbocycles. The maximum atomic E-state index is 14.4. The number of rotatable bonds is 3. The van der Waals surface area contributed by atoms with Gasteiger partial charge in [0.2, 0.25) is 11.9 Å². The first-order chi connectivity index (χ1) is 14.9. The number of aliphatic imine (C=N–C) groups is 2. The molecule has 2 aliphatic heterocycles. The molecule has 5 rings (SSSR count). The number of fused-ring (bicyclic) bond motifs is 2. The summed E-state index contributed by atoms with van der Waals surface area (Å²) in [6.07, 6.45) is 0.546. The number of aromatic nitrogens is 1. The number of benzene rings is 2. The lowest BCUT2D eigenvalue weighted by molar-refractivity contribution is -0.115. The van der Waals surface area contributed by atoms with Gasteiger partial charge in [-0.15, -0.1) is 11.8 Å². The topological polar surface area (TPSA) is 104 Å². The third-order valence-corrected chi connectivity index (χ3v) is 5.98. The molecule has 1 aromatic heterocycles. The molecule has 158 valence electrons. The Kier molecular flexibility index (Phi) is 4.62. The van der Waals surface area contributed by atoms with E-state index in [0.29, 0.717) is 28.9 Å². The van der Waals surface area contributed by atoms with Gasteiger partial charge < -0.3 is 20.5 Å². The number of carbonyl (C=O) groups excluding carboxylic acids is 1. The van der Waals surface area contributed by atoms with Crippen molar-refractivity contribution in [2.24, 2.45) is 9.98 Å². The molecule has 0 saturated heterocycles. The molecule has 2 unspecified atom stereocenters. The molecule has 0 fully saturated rings. The Bertz CT molecular complexity index is 1240. The summed E-state index contributed by atoms with van der Waals surface area (Å²) in [6.45, 7) is 1.81. The van der Waals surface area contributed by atoms with Crippen LogP contribution in [0, 0.1) is 0 Å². The lowest BCUT2D eigenvalue weighted by Crippen LogP contribution is -2.43. The summed E-state index contributed by atoms with van der Waals surface area (Å²) in [5, 5.41) is 12.7. The number of nitrogens with zero attached hydrogens (tertiary/aromatic N) is 3. The van der Waals surface area contributed by atoms with Crippen LogP contribution in [0.1, 0.15) is 6.92 Å². The van der Waals surface area contributed by atoms with Crippen molar-refractivity contribution in [1.29, 1.82) is 0 Å². The SMILES string of the molecule is CC1Sc2ccc(NC3N=C(Nc4ccc5oncc5c4)N=CC3(F)F)cc2NC1=O. The zero-order valence-electron chi connectivity index (χ0n) is 16.1. The number of guanidine groups is 1. The molecule has 1 amide bonds. The predicted octanol–water partition coefficient (Wildman–Crippen LogP) is 4.19. The third kappa shape index (κ3) is 3.83. The zero-order chi connectivity index (χ0) is 21.6. The van der Waals surface area contributed by atoms with Gasteiger partial charge in [0.15, 0.2) is 11.7 Å². The maximum Gasteiger partial charge on any atom is 0.322 e. The average molecular weight is 442 g/mol. The average Bonchev–Trinajstić information content (AvgIpc) is 3.20. The summed E-state index contributed by atoms with van der Waals surface area (Å²) in [6, 6.07) is 10.3. The normalized spacial score (nSPS) is 21.9. The van der Waals surface area contributed by atoms with Crippen molar-refractivity contribution >= 4 is 57.9 Å². The Hall–Kier alpha value is -3.47. The highest BCUT2D eigenvalue weighted by Crippen LogP contribution is 2.37. The molecule has 0 bridgehead atoms. The zero-order valence-corrected chi connectivity index (χ0v) is 16.9. The Morgan fingerprint density at radius 3 is 2.90 bits per heavy atom. The molecule has 2 aromatic carbocycles. The molecule has 0 spiro atoms. The molecule has 2 atom stereocenters. The van der Waals surface area contributed by atoms with E-state index in [9.17, 15) is 13.6 Å². The standard InChI is InChI=1S/C20H16F2N6O2S/c1-10-17(29)27-14-7-13(3-5-16(14)31-10)25-18-20(21,22)9-23-19(28-18)26-12-2-4-15-11(6-12)8-24-30-15/h2-10,18,25H,1H3,(H,26,28)(H,27,29). The minimum Gasteiger partial charge on any atom is -0.358 e. The molecule has 11 heteroatoms. The molecule has 3 N–H and O–H groups in total. The number of anilines is 3. The highest BCUT2D eigenvalue weighted by atomic mass is 32.2. The van der Waals surface area contributed by atoms with Crippen LogP contribution in [0.4, 0.5) is 25.8 Å². The molecular formula is C20H16F2N6O2S. The van der Waals surface area contributed by atoms with Crippen molar-refractivity contribution in [2.45, 2.75) is 29.2 Å². The highest BCUT2D eigenvalue weighted by molar-refractivity contribution is 8.00. The van der Waals surface area contributed by atoms with E-state index in [1.165, 1.54) is 11.8 Å². The number of thioether (sulfide) groups is 1. The van der Waals surface area contributed by atoms with Crippen molar-refractivity contribution in [3.05, 3.63) is 42.6 Å². The minimum absolute atomic E-state index is 0.0369. The van der Waals surface area contributed by atoms with E-state index >= 15 is 0 Å². The second kappa shape index (κ2) is 7.34. The molecule has 2 aliphatic rings. The summed E-state index contributed by atoms with van der Waals surface area (Å²) in [5.74, 6) is -3.39. The van der Waals surface area contributed by atoms with Crippen LogP contribution in [0.3, 0.4) is 0 Å². The Labute approximate surface area is 179 Å². The van der Waals surface area contributed by atoms with E-state index in [0.717, 1.165) is 10.3 Å². The van der Waals surface area contributed by atoms with Gasteiger partial charge >= 0.3 is 5.92 Å². The molecule has 0 radical (unpaired) electrons. The first-order valence-electron chi connectivity index (χ1n) is 9.38. The van der Waals surface area contributed by atoms with Crippen LogP contribution in [-0.4, -0.2) is 40.6 Å². The Morgan fingerprint density at radius 1 is 1.19 bits per heavy atom. The van der Waals surface area contributed by atoms with Crippen molar-refractivity contribution in [1.82, 2.24) is 5.16 Å². The molecule has 8 nitrogen and oxygen atoms in total. The number of amides is 1. The van der Waals surface area contributed by atoms with Gasteiger partial charge in [-0.25, -0.2) is 9.98 Å². The van der Waals surface area contributed by atoms with Gasteiger partial charge in [-0.2, -0.15) is 8.78 Å².